The van der Waals surface area contributed by atoms with Crippen LogP contribution < -0.4 is 5.32 Å². The smallest absolute Gasteiger partial charge is 0.0713 e. The lowest BCUT2D eigenvalue weighted by molar-refractivity contribution is 0.185. The summed E-state index contributed by atoms with van der Waals surface area (Å²) in [5.74, 6) is 0. The average Bonchev–Trinajstić information content (AvgIpc) is 2.77. The maximum atomic E-state index is 5.16. The van der Waals surface area contributed by atoms with Gasteiger partial charge in [0.2, 0.25) is 0 Å². The lowest BCUT2D eigenvalue weighted by Gasteiger charge is -2.08. The summed E-state index contributed by atoms with van der Waals surface area (Å²) in [4.78, 5) is 0. The van der Waals surface area contributed by atoms with Crippen LogP contribution in [0.5, 0.6) is 0 Å². The monoisotopic (exact) mass is 287 g/mol. The molecule has 0 aliphatic carbocycles. The Kier molecular flexibility index (Phi) is 5.96. The molecule has 0 radical (unpaired) electrons. The van der Waals surface area contributed by atoms with E-state index in [-0.39, 0.29) is 0 Å². The summed E-state index contributed by atoms with van der Waals surface area (Å²) in [5.41, 5.74) is 4.85. The normalized spacial score (nSPS) is 11.0. The van der Waals surface area contributed by atoms with Gasteiger partial charge in [-0.2, -0.15) is 5.10 Å². The molecule has 1 N–H and O–H groups in total. The van der Waals surface area contributed by atoms with E-state index in [0.29, 0.717) is 6.61 Å². The van der Waals surface area contributed by atoms with Gasteiger partial charge in [0.1, 0.15) is 0 Å². The van der Waals surface area contributed by atoms with Crippen LogP contribution in [0.15, 0.2) is 30.3 Å². The van der Waals surface area contributed by atoms with Gasteiger partial charge in [-0.3, -0.25) is 4.68 Å². The molecule has 0 amide bonds. The Labute approximate surface area is 127 Å². The van der Waals surface area contributed by atoms with Crippen molar-refractivity contribution in [2.75, 3.05) is 13.7 Å². The van der Waals surface area contributed by atoms with Gasteiger partial charge >= 0.3 is 0 Å². The van der Waals surface area contributed by atoms with Crippen LogP contribution in [0.25, 0.3) is 0 Å². The van der Waals surface area contributed by atoms with Crippen molar-refractivity contribution in [2.45, 2.75) is 40.0 Å². The van der Waals surface area contributed by atoms with Crippen LogP contribution in [0.4, 0.5) is 0 Å². The van der Waals surface area contributed by atoms with Crippen molar-refractivity contribution in [2.24, 2.45) is 0 Å². The van der Waals surface area contributed by atoms with Crippen LogP contribution in [-0.4, -0.2) is 23.4 Å². The van der Waals surface area contributed by atoms with Gasteiger partial charge in [0.25, 0.3) is 0 Å². The summed E-state index contributed by atoms with van der Waals surface area (Å²) in [5, 5.41) is 7.96. The van der Waals surface area contributed by atoms with Gasteiger partial charge in [0.05, 0.1) is 12.3 Å². The van der Waals surface area contributed by atoms with Gasteiger partial charge in [-0.05, 0) is 44.0 Å². The first-order valence-corrected chi connectivity index (χ1v) is 7.47. The topological polar surface area (TPSA) is 39.1 Å². The molecular weight excluding hydrogens is 262 g/mol. The molecule has 0 bridgehead atoms. The zero-order valence-electron chi connectivity index (χ0n) is 13.2. The second kappa shape index (κ2) is 7.96. The Morgan fingerprint density at radius 2 is 2.00 bits per heavy atom. The lowest BCUT2D eigenvalue weighted by Crippen LogP contribution is -2.17. The highest BCUT2D eigenvalue weighted by Gasteiger charge is 2.00. The molecular formula is C17H25N3O. The second-order valence-corrected chi connectivity index (χ2v) is 5.43. The number of hydrogen-bond acceptors (Lipinski definition) is 3. The largest absolute Gasteiger partial charge is 0.380 e. The van der Waals surface area contributed by atoms with Crippen LogP contribution in [0.3, 0.4) is 0 Å². The van der Waals surface area contributed by atoms with E-state index in [1.165, 1.54) is 16.8 Å². The average molecular weight is 287 g/mol. The minimum Gasteiger partial charge on any atom is -0.380 e. The summed E-state index contributed by atoms with van der Waals surface area (Å²) >= 11 is 0. The van der Waals surface area contributed by atoms with E-state index < -0.39 is 0 Å². The van der Waals surface area contributed by atoms with E-state index in [1.807, 2.05) is 6.92 Å². The number of nitrogens with zero attached hydrogens (tertiary/aromatic N) is 2. The summed E-state index contributed by atoms with van der Waals surface area (Å²) in [7, 11) is 1.73. The maximum absolute atomic E-state index is 5.16. The van der Waals surface area contributed by atoms with Crippen molar-refractivity contribution in [1.82, 2.24) is 15.1 Å². The molecule has 0 aliphatic heterocycles. The highest BCUT2D eigenvalue weighted by atomic mass is 16.5. The Balaban J connectivity index is 1.70. The van der Waals surface area contributed by atoms with Crippen molar-refractivity contribution >= 4 is 0 Å². The Morgan fingerprint density at radius 3 is 2.71 bits per heavy atom. The SMILES string of the molecule is COCc1cccc(CNCCCn2nc(C)cc2C)c1. The second-order valence-electron chi connectivity index (χ2n) is 5.43. The summed E-state index contributed by atoms with van der Waals surface area (Å²) in [6.45, 7) is 7.67. The molecule has 2 aromatic rings. The van der Waals surface area contributed by atoms with Gasteiger partial charge in [0.15, 0.2) is 0 Å². The van der Waals surface area contributed by atoms with Crippen molar-refractivity contribution in [1.29, 1.82) is 0 Å². The molecule has 21 heavy (non-hydrogen) atoms. The molecule has 4 nitrogen and oxygen atoms in total. The van der Waals surface area contributed by atoms with Gasteiger partial charge in [0, 0.05) is 25.9 Å². The van der Waals surface area contributed by atoms with Crippen molar-refractivity contribution in [3.8, 4) is 0 Å². The standard InChI is InChI=1S/C17H25N3O/c1-14-10-15(2)20(19-14)9-5-8-18-12-16-6-4-7-17(11-16)13-21-3/h4,6-7,10-11,18H,5,8-9,12-13H2,1-3H3. The minimum absolute atomic E-state index is 0.672. The number of aryl methyl sites for hydroxylation is 3. The zero-order valence-corrected chi connectivity index (χ0v) is 13.2. The summed E-state index contributed by atoms with van der Waals surface area (Å²) in [6, 6.07) is 10.6. The highest BCUT2D eigenvalue weighted by molar-refractivity contribution is 5.22. The van der Waals surface area contributed by atoms with Crippen LogP contribution in [0.2, 0.25) is 0 Å². The van der Waals surface area contributed by atoms with Crippen LogP contribution in [-0.2, 0) is 24.4 Å². The number of methoxy groups -OCH3 is 1. The van der Waals surface area contributed by atoms with E-state index in [1.54, 1.807) is 7.11 Å². The molecule has 0 spiro atoms. The third-order valence-electron chi connectivity index (χ3n) is 3.46. The van der Waals surface area contributed by atoms with E-state index in [0.717, 1.165) is 31.7 Å². The number of ether oxygens (including phenoxy) is 1. The molecule has 0 saturated heterocycles. The van der Waals surface area contributed by atoms with Gasteiger partial charge in [-0.25, -0.2) is 0 Å². The van der Waals surface area contributed by atoms with E-state index in [2.05, 4.69) is 52.4 Å². The molecule has 4 heteroatoms. The van der Waals surface area contributed by atoms with Crippen molar-refractivity contribution in [3.05, 3.63) is 52.8 Å². The zero-order chi connectivity index (χ0) is 15.1. The van der Waals surface area contributed by atoms with Crippen LogP contribution >= 0.6 is 0 Å². The van der Waals surface area contributed by atoms with Crippen molar-refractivity contribution < 1.29 is 4.74 Å². The minimum atomic E-state index is 0.672. The number of hydrogen-bond donors (Lipinski definition) is 1. The number of aromatic nitrogens is 2. The summed E-state index contributed by atoms with van der Waals surface area (Å²) in [6.07, 6.45) is 1.08. The predicted molar refractivity (Wildman–Crippen MR) is 85.2 cm³/mol. The van der Waals surface area contributed by atoms with Gasteiger partial charge in [-0.1, -0.05) is 24.3 Å². The molecule has 2 rings (SSSR count). The Hall–Kier alpha value is -1.65. The molecule has 0 fully saturated rings. The molecule has 114 valence electrons. The Morgan fingerprint density at radius 1 is 1.19 bits per heavy atom. The quantitative estimate of drug-likeness (QED) is 0.759. The third kappa shape index (κ3) is 4.99. The molecule has 0 atom stereocenters. The number of rotatable bonds is 8. The molecule has 1 aromatic carbocycles. The molecule has 1 heterocycles. The Bertz CT molecular complexity index is 563. The van der Waals surface area contributed by atoms with Gasteiger partial charge in [-0.15, -0.1) is 0 Å². The number of benzene rings is 1. The van der Waals surface area contributed by atoms with E-state index >= 15 is 0 Å². The van der Waals surface area contributed by atoms with Crippen LogP contribution in [0.1, 0.15) is 28.9 Å². The lowest BCUT2D eigenvalue weighted by atomic mass is 10.1. The third-order valence-corrected chi connectivity index (χ3v) is 3.46. The molecule has 0 saturated carbocycles. The fourth-order valence-corrected chi connectivity index (χ4v) is 2.48. The first-order chi connectivity index (χ1) is 10.2. The van der Waals surface area contributed by atoms with Crippen LogP contribution in [0, 0.1) is 13.8 Å². The van der Waals surface area contributed by atoms with Crippen molar-refractivity contribution in [3.63, 3.8) is 0 Å². The fourth-order valence-electron chi connectivity index (χ4n) is 2.48. The molecule has 1 aromatic heterocycles. The maximum Gasteiger partial charge on any atom is 0.0713 e. The molecule has 0 unspecified atom stereocenters. The first-order valence-electron chi connectivity index (χ1n) is 7.47. The summed E-state index contributed by atoms with van der Waals surface area (Å²) < 4.78 is 7.24. The van der Waals surface area contributed by atoms with E-state index in [4.69, 9.17) is 4.74 Å². The van der Waals surface area contributed by atoms with E-state index in [9.17, 15) is 0 Å². The first kappa shape index (κ1) is 15.7. The fraction of sp³-hybridized carbons (Fsp3) is 0.471. The predicted octanol–water partition coefficient (Wildman–Crippen LogP) is 2.83. The molecule has 0 aliphatic rings. The van der Waals surface area contributed by atoms with Gasteiger partial charge < -0.3 is 10.1 Å². The highest BCUT2D eigenvalue weighted by Crippen LogP contribution is 2.06. The number of nitrogens with one attached hydrogen (secondary N) is 1.